The van der Waals surface area contributed by atoms with E-state index in [4.69, 9.17) is 0 Å². The summed E-state index contributed by atoms with van der Waals surface area (Å²) in [5.74, 6) is 0. The monoisotopic (exact) mass is 256 g/mol. The van der Waals surface area contributed by atoms with Crippen LogP contribution in [0.15, 0.2) is 24.8 Å². The van der Waals surface area contributed by atoms with Gasteiger partial charge in [0.15, 0.2) is 0 Å². The molecule has 100 valence electrons. The van der Waals surface area contributed by atoms with E-state index >= 15 is 0 Å². The van der Waals surface area contributed by atoms with Gasteiger partial charge in [-0.3, -0.25) is 4.98 Å². The molecule has 0 saturated carbocycles. The van der Waals surface area contributed by atoms with Crippen LogP contribution < -0.4 is 5.32 Å². The Morgan fingerprint density at radius 3 is 3.11 bits per heavy atom. The Morgan fingerprint density at radius 2 is 2.21 bits per heavy atom. The number of aromatic nitrogens is 3. The molecule has 0 aliphatic heterocycles. The standard InChI is InChI=1S/C15H20N4/c1-2-16-9-12-7-8-17-10-15(12)19-11-18-13-5-3-4-6-14(13)19/h7-8,10-11,16H,2-6,9H2,1H3. The molecule has 0 aromatic carbocycles. The molecular formula is C15H20N4. The third kappa shape index (κ3) is 2.40. The summed E-state index contributed by atoms with van der Waals surface area (Å²) in [7, 11) is 0. The first-order chi connectivity index (χ1) is 9.40. The molecule has 0 atom stereocenters. The second-order valence-corrected chi connectivity index (χ2v) is 5.00. The number of aryl methyl sites for hydroxylation is 1. The van der Waals surface area contributed by atoms with Gasteiger partial charge in [-0.2, -0.15) is 0 Å². The number of imidazole rings is 1. The number of hydrogen-bond donors (Lipinski definition) is 1. The average Bonchev–Trinajstić information content (AvgIpc) is 2.89. The lowest BCUT2D eigenvalue weighted by atomic mass is 10.0. The fourth-order valence-electron chi connectivity index (χ4n) is 2.72. The Bertz CT molecular complexity index is 559. The fraction of sp³-hybridized carbons (Fsp3) is 0.467. The van der Waals surface area contributed by atoms with Crippen molar-refractivity contribution in [3.05, 3.63) is 41.7 Å². The van der Waals surface area contributed by atoms with Gasteiger partial charge in [0.1, 0.15) is 0 Å². The molecule has 0 spiro atoms. The SMILES string of the molecule is CCNCc1ccncc1-n1cnc2c1CCCC2. The maximum absolute atomic E-state index is 4.57. The van der Waals surface area contributed by atoms with Gasteiger partial charge in [-0.1, -0.05) is 6.92 Å². The third-order valence-electron chi connectivity index (χ3n) is 3.74. The van der Waals surface area contributed by atoms with Gasteiger partial charge in [-0.15, -0.1) is 0 Å². The van der Waals surface area contributed by atoms with Crippen LogP contribution in [0, 0.1) is 0 Å². The lowest BCUT2D eigenvalue weighted by molar-refractivity contribution is 0.653. The maximum atomic E-state index is 4.57. The molecule has 0 bridgehead atoms. The van der Waals surface area contributed by atoms with Gasteiger partial charge >= 0.3 is 0 Å². The van der Waals surface area contributed by atoms with E-state index in [1.807, 2.05) is 18.7 Å². The fourth-order valence-corrected chi connectivity index (χ4v) is 2.72. The molecule has 1 aliphatic carbocycles. The number of pyridine rings is 1. The second kappa shape index (κ2) is 5.53. The summed E-state index contributed by atoms with van der Waals surface area (Å²) in [6.07, 6.45) is 10.5. The van der Waals surface area contributed by atoms with E-state index in [0.29, 0.717) is 0 Å². The Hall–Kier alpha value is -1.68. The zero-order valence-electron chi connectivity index (χ0n) is 11.4. The number of rotatable bonds is 4. The van der Waals surface area contributed by atoms with E-state index in [-0.39, 0.29) is 0 Å². The van der Waals surface area contributed by atoms with Crippen molar-refractivity contribution in [1.29, 1.82) is 0 Å². The number of nitrogens with zero attached hydrogens (tertiary/aromatic N) is 3. The molecule has 0 fully saturated rings. The second-order valence-electron chi connectivity index (χ2n) is 5.00. The van der Waals surface area contributed by atoms with Crippen LogP contribution in [0.3, 0.4) is 0 Å². The lowest BCUT2D eigenvalue weighted by Gasteiger charge is -2.16. The Balaban J connectivity index is 1.99. The van der Waals surface area contributed by atoms with Crippen LogP contribution in [0.4, 0.5) is 0 Å². The molecule has 2 aromatic rings. The van der Waals surface area contributed by atoms with E-state index in [0.717, 1.165) is 25.9 Å². The molecule has 0 radical (unpaired) electrons. The molecule has 0 saturated heterocycles. The van der Waals surface area contributed by atoms with Gasteiger partial charge < -0.3 is 9.88 Å². The summed E-state index contributed by atoms with van der Waals surface area (Å²) in [6, 6.07) is 2.09. The normalized spacial score (nSPS) is 14.4. The average molecular weight is 256 g/mol. The topological polar surface area (TPSA) is 42.7 Å². The van der Waals surface area contributed by atoms with Crippen molar-refractivity contribution in [3.8, 4) is 5.69 Å². The molecule has 1 N–H and O–H groups in total. The van der Waals surface area contributed by atoms with Gasteiger partial charge in [0.2, 0.25) is 0 Å². The zero-order chi connectivity index (χ0) is 13.1. The van der Waals surface area contributed by atoms with Gasteiger partial charge in [0, 0.05) is 18.4 Å². The van der Waals surface area contributed by atoms with Gasteiger partial charge in [-0.05, 0) is 43.9 Å². The predicted molar refractivity (Wildman–Crippen MR) is 75.4 cm³/mol. The van der Waals surface area contributed by atoms with Crippen LogP contribution in [-0.4, -0.2) is 21.1 Å². The lowest BCUT2D eigenvalue weighted by Crippen LogP contribution is -2.15. The molecule has 4 heteroatoms. The van der Waals surface area contributed by atoms with Crippen LogP contribution in [-0.2, 0) is 19.4 Å². The van der Waals surface area contributed by atoms with Crippen molar-refractivity contribution >= 4 is 0 Å². The van der Waals surface area contributed by atoms with Crippen molar-refractivity contribution in [2.24, 2.45) is 0 Å². The highest BCUT2D eigenvalue weighted by atomic mass is 15.1. The highest BCUT2D eigenvalue weighted by Crippen LogP contribution is 2.24. The molecular weight excluding hydrogens is 236 g/mol. The smallest absolute Gasteiger partial charge is 0.0998 e. The number of nitrogens with one attached hydrogen (secondary N) is 1. The van der Waals surface area contributed by atoms with Crippen molar-refractivity contribution in [1.82, 2.24) is 19.9 Å². The molecule has 0 amide bonds. The van der Waals surface area contributed by atoms with Crippen LogP contribution in [0.25, 0.3) is 5.69 Å². The third-order valence-corrected chi connectivity index (χ3v) is 3.74. The quantitative estimate of drug-likeness (QED) is 0.912. The largest absolute Gasteiger partial charge is 0.313 e. The van der Waals surface area contributed by atoms with E-state index in [1.165, 1.54) is 35.5 Å². The minimum atomic E-state index is 0.876. The first-order valence-electron chi connectivity index (χ1n) is 7.09. The minimum Gasteiger partial charge on any atom is -0.313 e. The number of fused-ring (bicyclic) bond motifs is 1. The van der Waals surface area contributed by atoms with Crippen molar-refractivity contribution < 1.29 is 0 Å². The Morgan fingerprint density at radius 1 is 1.32 bits per heavy atom. The van der Waals surface area contributed by atoms with Crippen molar-refractivity contribution in [3.63, 3.8) is 0 Å². The van der Waals surface area contributed by atoms with E-state index in [2.05, 4.69) is 32.8 Å². The Kier molecular flexibility index (Phi) is 3.60. The maximum Gasteiger partial charge on any atom is 0.0998 e. The predicted octanol–water partition coefficient (Wildman–Crippen LogP) is 2.26. The summed E-state index contributed by atoms with van der Waals surface area (Å²) in [5, 5.41) is 3.39. The van der Waals surface area contributed by atoms with Crippen molar-refractivity contribution in [2.45, 2.75) is 39.2 Å². The summed E-state index contributed by atoms with van der Waals surface area (Å²) >= 11 is 0. The van der Waals surface area contributed by atoms with Crippen LogP contribution in [0.1, 0.15) is 36.7 Å². The van der Waals surface area contributed by atoms with Crippen molar-refractivity contribution in [2.75, 3.05) is 6.54 Å². The van der Waals surface area contributed by atoms with Gasteiger partial charge in [-0.25, -0.2) is 4.98 Å². The van der Waals surface area contributed by atoms with E-state index in [1.54, 1.807) is 0 Å². The zero-order valence-corrected chi connectivity index (χ0v) is 11.4. The van der Waals surface area contributed by atoms with Crippen LogP contribution in [0.2, 0.25) is 0 Å². The number of hydrogen-bond acceptors (Lipinski definition) is 3. The first kappa shape index (κ1) is 12.4. The Labute approximate surface area is 113 Å². The van der Waals surface area contributed by atoms with Crippen LogP contribution in [0.5, 0.6) is 0 Å². The highest BCUT2D eigenvalue weighted by molar-refractivity contribution is 5.41. The van der Waals surface area contributed by atoms with Gasteiger partial charge in [0.05, 0.1) is 23.9 Å². The molecule has 2 aromatic heterocycles. The minimum absolute atomic E-state index is 0.876. The molecule has 19 heavy (non-hydrogen) atoms. The molecule has 0 unspecified atom stereocenters. The van der Waals surface area contributed by atoms with Gasteiger partial charge in [0.25, 0.3) is 0 Å². The van der Waals surface area contributed by atoms with E-state index < -0.39 is 0 Å². The van der Waals surface area contributed by atoms with Crippen LogP contribution >= 0.6 is 0 Å². The summed E-state index contributed by atoms with van der Waals surface area (Å²) < 4.78 is 2.23. The summed E-state index contributed by atoms with van der Waals surface area (Å²) in [6.45, 7) is 3.98. The molecule has 2 heterocycles. The summed E-state index contributed by atoms with van der Waals surface area (Å²) in [4.78, 5) is 8.85. The molecule has 1 aliphatic rings. The molecule has 3 rings (SSSR count). The first-order valence-corrected chi connectivity index (χ1v) is 7.09. The molecule has 4 nitrogen and oxygen atoms in total. The summed E-state index contributed by atoms with van der Waals surface area (Å²) in [5.41, 5.74) is 5.09. The van der Waals surface area contributed by atoms with E-state index in [9.17, 15) is 0 Å². The highest BCUT2D eigenvalue weighted by Gasteiger charge is 2.17.